The van der Waals surface area contributed by atoms with Crippen molar-refractivity contribution in [2.45, 2.75) is 78.6 Å². The zero-order valence-electron chi connectivity index (χ0n) is 32.2. The number of nitriles is 1. The number of allylic oxidation sites excluding steroid dienone is 4. The first-order chi connectivity index (χ1) is 26.5. The number of aromatic nitrogens is 2. The number of rotatable bonds is 16. The number of ketones is 1. The van der Waals surface area contributed by atoms with E-state index in [1.165, 1.54) is 11.8 Å². The molecule has 282 valence electrons. The number of carbonyl (C=O) groups is 2. The number of carbonyl (C=O) groups excluding carboxylic acids is 1. The molecule has 0 amide bonds. The summed E-state index contributed by atoms with van der Waals surface area (Å²) in [6, 6.07) is 19.9. The number of fused-ring (bicyclic) bond motifs is 2. The molecule has 55 heavy (non-hydrogen) atoms. The van der Waals surface area contributed by atoms with E-state index in [9.17, 15) is 25.1 Å². The molecule has 0 saturated carbocycles. The predicted molar refractivity (Wildman–Crippen MR) is 219 cm³/mol. The van der Waals surface area contributed by atoms with Gasteiger partial charge in [0.25, 0.3) is 0 Å². The number of benzene rings is 3. The van der Waals surface area contributed by atoms with Crippen molar-refractivity contribution in [3.8, 4) is 17.2 Å². The van der Waals surface area contributed by atoms with E-state index in [1.807, 2.05) is 30.3 Å². The lowest BCUT2D eigenvalue weighted by Crippen LogP contribution is -2.33. The third-order valence-corrected chi connectivity index (χ3v) is 11.1. The second-order valence-corrected chi connectivity index (χ2v) is 15.2. The number of Topliss-reactive ketones (excluding diaryl/α,β-unsaturated/α-hetero) is 1. The zero-order chi connectivity index (χ0) is 39.3. The van der Waals surface area contributed by atoms with Crippen molar-refractivity contribution in [3.05, 3.63) is 106 Å². The minimum Gasteiger partial charge on any atom is -0.871 e. The lowest BCUT2D eigenvalue weighted by Gasteiger charge is -2.29. The summed E-state index contributed by atoms with van der Waals surface area (Å²) < 4.78 is 11.2. The molecule has 0 fully saturated rings. The van der Waals surface area contributed by atoms with E-state index >= 15 is 0 Å². The molecule has 2 heterocycles. The lowest BCUT2D eigenvalue weighted by molar-refractivity contribution is -0.438. The molecule has 0 radical (unpaired) electrons. The number of hydrogen-bond donors (Lipinski definition) is 1. The Bertz CT molecular complexity index is 2330. The van der Waals surface area contributed by atoms with Crippen LogP contribution in [0.2, 0.25) is 0 Å². The Balaban J connectivity index is 1.29. The standard InChI is InChI=1S/C45H47N5O4S/c1-6-9-22-49(23-10-7-2)33-17-12-29(13-18-33)14-19-35-42(51)36(43(35)52)27-39-45(4,5)37-26-30(16-21-38(37)50(39)24-11-8-3)34-20-15-31(25-32(28-46)44(53)54)40-41(34)48-55-47-40/h12-21,25-27H,6-11,22-24H2,1-5H3,(H-,51,52,53,54)/b32-25+. The molecule has 1 aromatic heterocycles. The van der Waals surface area contributed by atoms with Crippen molar-refractivity contribution >= 4 is 63.8 Å². The molecule has 9 nitrogen and oxygen atoms in total. The van der Waals surface area contributed by atoms with Crippen molar-refractivity contribution in [1.29, 1.82) is 5.26 Å². The fraction of sp³-hybridized carbons (Fsp3) is 0.333. The fourth-order valence-electron chi connectivity index (χ4n) is 7.29. The van der Waals surface area contributed by atoms with E-state index in [0.29, 0.717) is 16.6 Å². The number of carboxylic acids is 1. The van der Waals surface area contributed by atoms with Crippen LogP contribution in [0.15, 0.2) is 89.2 Å². The first kappa shape index (κ1) is 39.0. The number of unbranched alkanes of at least 4 members (excludes halogenated alkanes) is 3. The van der Waals surface area contributed by atoms with Crippen molar-refractivity contribution in [1.82, 2.24) is 8.75 Å². The Morgan fingerprint density at radius 3 is 2.29 bits per heavy atom. The van der Waals surface area contributed by atoms with Gasteiger partial charge < -0.3 is 15.1 Å². The highest BCUT2D eigenvalue weighted by Gasteiger charge is 2.45. The Kier molecular flexibility index (Phi) is 11.9. The first-order valence-corrected chi connectivity index (χ1v) is 19.9. The van der Waals surface area contributed by atoms with Gasteiger partial charge in [-0.25, -0.2) is 4.79 Å². The van der Waals surface area contributed by atoms with Gasteiger partial charge in [-0.15, -0.1) is 0 Å². The molecule has 0 saturated heterocycles. The van der Waals surface area contributed by atoms with Crippen LogP contribution >= 0.6 is 11.7 Å². The van der Waals surface area contributed by atoms with Crippen molar-refractivity contribution < 1.29 is 24.4 Å². The van der Waals surface area contributed by atoms with Gasteiger partial charge in [0.1, 0.15) is 29.2 Å². The molecule has 2 aliphatic rings. The van der Waals surface area contributed by atoms with Gasteiger partial charge in [-0.3, -0.25) is 4.79 Å². The molecular formula is C45H47N5O4S. The third-order valence-electron chi connectivity index (χ3n) is 10.6. The average Bonchev–Trinajstić information content (AvgIpc) is 3.76. The Hall–Kier alpha value is -5.66. The van der Waals surface area contributed by atoms with Gasteiger partial charge in [-0.05, 0) is 68.2 Å². The summed E-state index contributed by atoms with van der Waals surface area (Å²) in [6.07, 6.45) is 13.1. The largest absolute Gasteiger partial charge is 0.871 e. The minimum absolute atomic E-state index is 0.198. The first-order valence-electron chi connectivity index (χ1n) is 19.1. The van der Waals surface area contributed by atoms with Crippen LogP contribution in [-0.2, 0) is 15.0 Å². The summed E-state index contributed by atoms with van der Waals surface area (Å²) in [4.78, 5) is 27.5. The Morgan fingerprint density at radius 2 is 1.65 bits per heavy atom. The van der Waals surface area contributed by atoms with E-state index < -0.39 is 11.4 Å². The molecule has 3 aromatic carbocycles. The molecule has 1 aliphatic carbocycles. The van der Waals surface area contributed by atoms with Gasteiger partial charge in [0, 0.05) is 65.2 Å². The van der Waals surface area contributed by atoms with E-state index in [0.717, 1.165) is 104 Å². The molecule has 0 unspecified atom stereocenters. The number of nitrogens with zero attached hydrogens (tertiary/aromatic N) is 5. The van der Waals surface area contributed by atoms with Crippen LogP contribution in [0.5, 0.6) is 0 Å². The van der Waals surface area contributed by atoms with Gasteiger partial charge in [-0.2, -0.15) is 18.6 Å². The Morgan fingerprint density at radius 1 is 0.964 bits per heavy atom. The summed E-state index contributed by atoms with van der Waals surface area (Å²) >= 11 is 1.03. The molecule has 4 aromatic rings. The second kappa shape index (κ2) is 16.8. The molecule has 0 bridgehead atoms. The highest BCUT2D eigenvalue weighted by Crippen LogP contribution is 2.44. The Labute approximate surface area is 327 Å². The van der Waals surface area contributed by atoms with Crippen LogP contribution in [0, 0.1) is 11.3 Å². The monoisotopic (exact) mass is 753 g/mol. The number of anilines is 1. The molecule has 1 N–H and O–H groups in total. The van der Waals surface area contributed by atoms with Crippen LogP contribution in [-0.4, -0.2) is 55.5 Å². The normalized spacial score (nSPS) is 16.0. The molecular weight excluding hydrogens is 707 g/mol. The maximum absolute atomic E-state index is 13.5. The lowest BCUT2D eigenvalue weighted by atomic mass is 9.78. The maximum Gasteiger partial charge on any atom is 0.346 e. The molecule has 10 heteroatoms. The van der Waals surface area contributed by atoms with Crippen molar-refractivity contribution in [2.75, 3.05) is 24.5 Å². The van der Waals surface area contributed by atoms with Crippen LogP contribution in [0.4, 0.5) is 11.4 Å². The highest BCUT2D eigenvalue weighted by molar-refractivity contribution is 7.00. The van der Waals surface area contributed by atoms with Crippen LogP contribution in [0.25, 0.3) is 34.3 Å². The molecule has 1 aliphatic heterocycles. The average molecular weight is 754 g/mol. The number of carboxylic acid groups (broad SMARTS) is 1. The summed E-state index contributed by atoms with van der Waals surface area (Å²) in [5.74, 6) is -1.79. The van der Waals surface area contributed by atoms with Gasteiger partial charge in [0.15, 0.2) is 11.5 Å². The van der Waals surface area contributed by atoms with Crippen molar-refractivity contribution in [2.24, 2.45) is 0 Å². The van der Waals surface area contributed by atoms with E-state index in [4.69, 9.17) is 0 Å². The van der Waals surface area contributed by atoms with E-state index in [2.05, 4.69) is 77.1 Å². The SMILES string of the molecule is CCCCN(CCCC)c1ccc(/C=C/C2=C([O-])C(=C\C3=[N+](CCCC)c4ccc(-c5ccc(/C=C(\C#N)C(=O)O)c6nsnc56)cc4C3(C)C)/C2=O)cc1. The molecule has 0 spiro atoms. The summed E-state index contributed by atoms with van der Waals surface area (Å²) in [7, 11) is 0. The predicted octanol–water partition coefficient (Wildman–Crippen LogP) is 8.77. The fourth-order valence-corrected chi connectivity index (χ4v) is 7.87. The van der Waals surface area contributed by atoms with E-state index in [1.54, 1.807) is 24.3 Å². The quantitative estimate of drug-likeness (QED) is 0.0682. The van der Waals surface area contributed by atoms with Crippen LogP contribution in [0.1, 0.15) is 89.8 Å². The summed E-state index contributed by atoms with van der Waals surface area (Å²) in [5, 5.41) is 32.2. The maximum atomic E-state index is 13.5. The number of hydrogen-bond acceptors (Lipinski definition) is 8. The highest BCUT2D eigenvalue weighted by atomic mass is 32.1. The summed E-state index contributed by atoms with van der Waals surface area (Å²) in [5.41, 5.74) is 7.97. The second-order valence-electron chi connectivity index (χ2n) is 14.6. The molecule has 6 rings (SSSR count). The van der Waals surface area contributed by atoms with Gasteiger partial charge in [0.2, 0.25) is 5.69 Å². The van der Waals surface area contributed by atoms with Crippen molar-refractivity contribution in [3.63, 3.8) is 0 Å². The van der Waals surface area contributed by atoms with E-state index in [-0.39, 0.29) is 28.3 Å². The van der Waals surface area contributed by atoms with Gasteiger partial charge in [0.05, 0.1) is 17.1 Å². The zero-order valence-corrected chi connectivity index (χ0v) is 33.0. The molecule has 0 atom stereocenters. The smallest absolute Gasteiger partial charge is 0.346 e. The number of aliphatic carboxylic acids is 1. The van der Waals surface area contributed by atoms with Gasteiger partial charge >= 0.3 is 5.97 Å². The van der Waals surface area contributed by atoms with Crippen LogP contribution in [0.3, 0.4) is 0 Å². The third kappa shape index (κ3) is 7.80. The topological polar surface area (TPSA) is 133 Å². The minimum atomic E-state index is -1.30. The summed E-state index contributed by atoms with van der Waals surface area (Å²) in [6.45, 7) is 13.6. The van der Waals surface area contributed by atoms with Crippen LogP contribution < -0.4 is 10.0 Å². The van der Waals surface area contributed by atoms with Gasteiger partial charge in [-0.1, -0.05) is 82.2 Å².